The van der Waals surface area contributed by atoms with Gasteiger partial charge >= 0.3 is 11.9 Å². The Morgan fingerprint density at radius 3 is 2.23 bits per heavy atom. The number of carboxylic acid groups (broad SMARTS) is 1. The summed E-state index contributed by atoms with van der Waals surface area (Å²) < 4.78 is 16.1. The lowest BCUT2D eigenvalue weighted by molar-refractivity contribution is -0.271. The summed E-state index contributed by atoms with van der Waals surface area (Å²) in [7, 11) is 0. The third kappa shape index (κ3) is 10.4. The van der Waals surface area contributed by atoms with Crippen LogP contribution in [0.25, 0.3) is 0 Å². The number of unbranched alkanes of at least 4 members (excludes halogenated alkanes) is 2. The van der Waals surface area contributed by atoms with Crippen LogP contribution in [-0.2, 0) is 40.1 Å². The highest BCUT2D eigenvalue weighted by atomic mass is 16.7. The third-order valence-electron chi connectivity index (χ3n) is 7.50. The van der Waals surface area contributed by atoms with E-state index < -0.39 is 54.0 Å². The quantitative estimate of drug-likeness (QED) is 0.0796. The number of aliphatic hydroxyl groups is 3. The standard InChI is InChI=1S/C31H43N3O13/c1-31(2,3)30(44)45-16-17-8-9-19(46-29-25(40)23(38)24(39)26(47-29)28(42)43)18(15-17)27(41)33-13-12-32-20(35)7-5-4-6-14-34-21(36)10-11-22(34)37/h8-9,15,23-26,29,38-40H,4-7,10-14,16H2,1-3H3,(H,32,35)(H,33,41)(H,42,43)/t23-,24-,25+,26-,29+/m0/s1. The van der Waals surface area contributed by atoms with E-state index in [1.165, 1.54) is 23.1 Å². The van der Waals surface area contributed by atoms with Crippen LogP contribution in [0.3, 0.4) is 0 Å². The SMILES string of the molecule is CC(C)(C)C(=O)OCc1ccc(O[C@@H]2O[C@H](C(=O)O)[C@@H](O)[C@H](O)[C@H]2O)c(C(=O)NCCNC(=O)CCCCCN2C(=O)CCC2=O)c1. The number of hydrogen-bond acceptors (Lipinski definition) is 12. The van der Waals surface area contributed by atoms with Crippen molar-refractivity contribution in [2.24, 2.45) is 5.41 Å². The molecule has 260 valence electrons. The summed E-state index contributed by atoms with van der Waals surface area (Å²) in [6, 6.07) is 4.14. The average molecular weight is 666 g/mol. The number of nitrogens with one attached hydrogen (secondary N) is 2. The minimum Gasteiger partial charge on any atom is -0.479 e. The van der Waals surface area contributed by atoms with Gasteiger partial charge < -0.3 is 45.3 Å². The first-order valence-electron chi connectivity index (χ1n) is 15.4. The number of amides is 4. The van der Waals surface area contributed by atoms with Crippen molar-refractivity contribution in [2.75, 3.05) is 19.6 Å². The summed E-state index contributed by atoms with van der Waals surface area (Å²) in [4.78, 5) is 73.8. The maximum Gasteiger partial charge on any atom is 0.335 e. The van der Waals surface area contributed by atoms with Gasteiger partial charge in [0.1, 0.15) is 30.7 Å². The van der Waals surface area contributed by atoms with Gasteiger partial charge in [0, 0.05) is 38.9 Å². The van der Waals surface area contributed by atoms with Gasteiger partial charge in [-0.05, 0) is 51.3 Å². The predicted octanol–water partition coefficient (Wildman–Crippen LogP) is -0.398. The maximum atomic E-state index is 13.2. The summed E-state index contributed by atoms with van der Waals surface area (Å²) in [5, 5.41) is 45.1. The summed E-state index contributed by atoms with van der Waals surface area (Å²) in [6.45, 7) is 5.26. The highest BCUT2D eigenvalue weighted by Crippen LogP contribution is 2.28. The molecule has 0 aliphatic carbocycles. The number of benzene rings is 1. The molecule has 2 heterocycles. The van der Waals surface area contributed by atoms with Gasteiger partial charge in [-0.1, -0.05) is 12.5 Å². The lowest BCUT2D eigenvalue weighted by Crippen LogP contribution is -2.61. The van der Waals surface area contributed by atoms with Crippen molar-refractivity contribution >= 4 is 35.6 Å². The molecule has 0 unspecified atom stereocenters. The van der Waals surface area contributed by atoms with Crippen molar-refractivity contribution in [2.45, 2.75) is 96.6 Å². The van der Waals surface area contributed by atoms with E-state index in [0.717, 1.165) is 0 Å². The number of ether oxygens (including phenoxy) is 3. The number of carbonyl (C=O) groups is 6. The molecule has 0 bridgehead atoms. The second-order valence-electron chi connectivity index (χ2n) is 12.4. The van der Waals surface area contributed by atoms with E-state index in [1.54, 1.807) is 20.8 Å². The molecule has 0 saturated carbocycles. The normalized spacial score (nSPS) is 22.9. The fourth-order valence-electron chi connectivity index (χ4n) is 4.75. The fraction of sp³-hybridized carbons (Fsp3) is 0.613. The van der Waals surface area contributed by atoms with E-state index in [1.807, 2.05) is 0 Å². The van der Waals surface area contributed by atoms with E-state index in [-0.39, 0.29) is 68.0 Å². The number of carbonyl (C=O) groups excluding carboxylic acids is 5. The Kier molecular flexibility index (Phi) is 13.2. The number of esters is 1. The number of likely N-dealkylation sites (tertiary alicyclic amines) is 1. The van der Waals surface area contributed by atoms with Crippen LogP contribution >= 0.6 is 0 Å². The molecule has 16 nitrogen and oxygen atoms in total. The highest BCUT2D eigenvalue weighted by molar-refractivity contribution is 6.01. The molecule has 47 heavy (non-hydrogen) atoms. The average Bonchev–Trinajstić information content (AvgIpc) is 3.33. The Bertz CT molecular complexity index is 1310. The van der Waals surface area contributed by atoms with Crippen LogP contribution in [-0.4, -0.2) is 111 Å². The third-order valence-corrected chi connectivity index (χ3v) is 7.50. The Morgan fingerprint density at radius 2 is 1.60 bits per heavy atom. The molecule has 1 aromatic carbocycles. The Labute approximate surface area is 271 Å². The second kappa shape index (κ2) is 16.6. The van der Waals surface area contributed by atoms with Crippen molar-refractivity contribution in [3.63, 3.8) is 0 Å². The zero-order chi connectivity index (χ0) is 34.9. The van der Waals surface area contributed by atoms with Gasteiger partial charge in [-0.15, -0.1) is 0 Å². The largest absolute Gasteiger partial charge is 0.479 e. The molecule has 2 saturated heterocycles. The number of aliphatic hydroxyl groups excluding tert-OH is 3. The molecule has 0 spiro atoms. The number of aliphatic carboxylic acids is 1. The summed E-state index contributed by atoms with van der Waals surface area (Å²) in [6.07, 6.45) is -6.95. The van der Waals surface area contributed by atoms with E-state index in [9.17, 15) is 49.2 Å². The lowest BCUT2D eigenvalue weighted by Gasteiger charge is -2.38. The fourth-order valence-corrected chi connectivity index (χ4v) is 4.75. The first-order valence-corrected chi connectivity index (χ1v) is 15.4. The predicted molar refractivity (Wildman–Crippen MR) is 160 cm³/mol. The molecule has 0 radical (unpaired) electrons. The molecule has 4 amide bonds. The molecule has 16 heteroatoms. The zero-order valence-corrected chi connectivity index (χ0v) is 26.6. The van der Waals surface area contributed by atoms with Gasteiger partial charge in [-0.25, -0.2) is 4.79 Å². The summed E-state index contributed by atoms with van der Waals surface area (Å²) >= 11 is 0. The van der Waals surface area contributed by atoms with Crippen LogP contribution < -0.4 is 15.4 Å². The minimum absolute atomic E-state index is 0.000975. The molecule has 2 fully saturated rings. The smallest absolute Gasteiger partial charge is 0.335 e. The Balaban J connectivity index is 1.57. The minimum atomic E-state index is -1.94. The van der Waals surface area contributed by atoms with Crippen molar-refractivity contribution in [1.82, 2.24) is 15.5 Å². The number of imide groups is 1. The van der Waals surface area contributed by atoms with Gasteiger partial charge in [0.15, 0.2) is 6.10 Å². The molecule has 5 atom stereocenters. The van der Waals surface area contributed by atoms with Gasteiger partial charge in [0.25, 0.3) is 5.91 Å². The maximum absolute atomic E-state index is 13.2. The van der Waals surface area contributed by atoms with Gasteiger partial charge in [0.2, 0.25) is 24.0 Å². The van der Waals surface area contributed by atoms with E-state index >= 15 is 0 Å². The zero-order valence-electron chi connectivity index (χ0n) is 26.6. The number of rotatable bonds is 15. The topological polar surface area (TPSA) is 238 Å². The Morgan fingerprint density at radius 1 is 0.936 bits per heavy atom. The van der Waals surface area contributed by atoms with Crippen molar-refractivity contribution in [3.05, 3.63) is 29.3 Å². The van der Waals surface area contributed by atoms with Crippen LogP contribution in [0, 0.1) is 5.41 Å². The second-order valence-corrected chi connectivity index (χ2v) is 12.4. The molecule has 6 N–H and O–H groups in total. The monoisotopic (exact) mass is 665 g/mol. The molecule has 2 aliphatic heterocycles. The van der Waals surface area contributed by atoms with Crippen molar-refractivity contribution < 1.29 is 63.4 Å². The molecule has 2 aliphatic rings. The van der Waals surface area contributed by atoms with Crippen molar-refractivity contribution in [1.29, 1.82) is 0 Å². The number of nitrogens with zero attached hydrogens (tertiary/aromatic N) is 1. The molecule has 1 aromatic rings. The Hall–Kier alpha value is -4.12. The van der Waals surface area contributed by atoms with Gasteiger partial charge in [-0.3, -0.25) is 28.9 Å². The van der Waals surface area contributed by atoms with Crippen molar-refractivity contribution in [3.8, 4) is 5.75 Å². The van der Waals surface area contributed by atoms with Crippen LogP contribution in [0.4, 0.5) is 0 Å². The van der Waals surface area contributed by atoms with Gasteiger partial charge in [-0.2, -0.15) is 0 Å². The first-order chi connectivity index (χ1) is 22.1. The van der Waals surface area contributed by atoms with Crippen LogP contribution in [0.5, 0.6) is 5.75 Å². The number of carboxylic acids is 1. The molecule has 0 aromatic heterocycles. The van der Waals surface area contributed by atoms with Crippen LogP contribution in [0.15, 0.2) is 18.2 Å². The van der Waals surface area contributed by atoms with Crippen LogP contribution in [0.1, 0.15) is 75.2 Å². The van der Waals surface area contributed by atoms with E-state index in [0.29, 0.717) is 31.4 Å². The van der Waals surface area contributed by atoms with E-state index in [2.05, 4.69) is 10.6 Å². The van der Waals surface area contributed by atoms with Gasteiger partial charge in [0.05, 0.1) is 11.0 Å². The van der Waals surface area contributed by atoms with Crippen LogP contribution in [0.2, 0.25) is 0 Å². The lowest BCUT2D eigenvalue weighted by atomic mass is 9.97. The summed E-state index contributed by atoms with van der Waals surface area (Å²) in [5.41, 5.74) is -0.488. The molecular formula is C31H43N3O13. The molecular weight excluding hydrogens is 622 g/mol. The highest BCUT2D eigenvalue weighted by Gasteiger charge is 2.48. The first kappa shape index (κ1) is 37.3. The number of hydrogen-bond donors (Lipinski definition) is 6. The summed E-state index contributed by atoms with van der Waals surface area (Å²) in [5.74, 6) is -3.55. The van der Waals surface area contributed by atoms with E-state index in [4.69, 9.17) is 14.2 Å². The molecule has 3 rings (SSSR count).